The van der Waals surface area contributed by atoms with Gasteiger partial charge in [0.15, 0.2) is 0 Å². The van der Waals surface area contributed by atoms with Crippen molar-refractivity contribution < 1.29 is 46.1 Å². The third kappa shape index (κ3) is 10.7. The SMILES string of the molecule is N=C(N)c1cccc(C2=CCNCC2)c1.O=C(O)C(F)(F)F.O=C(O)C(F)(F)F. The van der Waals surface area contributed by atoms with Gasteiger partial charge in [-0.05, 0) is 30.2 Å². The number of benzene rings is 1. The number of carboxylic acid groups (broad SMARTS) is 2. The van der Waals surface area contributed by atoms with E-state index in [-0.39, 0.29) is 5.84 Å². The molecule has 0 bridgehead atoms. The van der Waals surface area contributed by atoms with Crippen LogP contribution in [0.15, 0.2) is 30.3 Å². The summed E-state index contributed by atoms with van der Waals surface area (Å²) in [6.07, 6.45) is -6.93. The topological polar surface area (TPSA) is 136 Å². The van der Waals surface area contributed by atoms with Crippen molar-refractivity contribution in [1.29, 1.82) is 5.41 Å². The van der Waals surface area contributed by atoms with E-state index < -0.39 is 24.3 Å². The largest absolute Gasteiger partial charge is 0.490 e. The maximum absolute atomic E-state index is 10.6. The van der Waals surface area contributed by atoms with E-state index in [1.165, 1.54) is 11.1 Å². The van der Waals surface area contributed by atoms with Crippen LogP contribution in [0.25, 0.3) is 5.57 Å². The Balaban J connectivity index is 0.000000473. The van der Waals surface area contributed by atoms with Crippen molar-refractivity contribution in [1.82, 2.24) is 5.32 Å². The van der Waals surface area contributed by atoms with Gasteiger partial charge in [-0.3, -0.25) is 5.41 Å². The van der Waals surface area contributed by atoms with Crippen LogP contribution in [-0.2, 0) is 9.59 Å². The Kier molecular flexibility index (Phi) is 9.87. The van der Waals surface area contributed by atoms with Gasteiger partial charge in [0, 0.05) is 12.1 Å². The third-order valence-electron chi connectivity index (χ3n) is 3.09. The van der Waals surface area contributed by atoms with Gasteiger partial charge in [-0.15, -0.1) is 0 Å². The first-order valence-electron chi connectivity index (χ1n) is 7.61. The van der Waals surface area contributed by atoms with Crippen molar-refractivity contribution >= 4 is 23.3 Å². The molecule has 0 aliphatic carbocycles. The van der Waals surface area contributed by atoms with E-state index in [0.717, 1.165) is 25.1 Å². The lowest BCUT2D eigenvalue weighted by atomic mass is 9.98. The zero-order chi connectivity index (χ0) is 22.8. The van der Waals surface area contributed by atoms with Gasteiger partial charge < -0.3 is 21.3 Å². The van der Waals surface area contributed by atoms with Gasteiger partial charge in [0.25, 0.3) is 0 Å². The first-order valence-corrected chi connectivity index (χ1v) is 7.61. The second kappa shape index (κ2) is 11.0. The summed E-state index contributed by atoms with van der Waals surface area (Å²) in [5.74, 6) is -5.38. The monoisotopic (exact) mass is 429 g/mol. The molecule has 0 saturated heterocycles. The molecule has 0 radical (unpaired) electrons. The van der Waals surface area contributed by atoms with Crippen molar-refractivity contribution in [2.75, 3.05) is 13.1 Å². The van der Waals surface area contributed by atoms with Gasteiger partial charge >= 0.3 is 24.3 Å². The molecule has 1 aromatic rings. The Labute approximate surface area is 160 Å². The van der Waals surface area contributed by atoms with Gasteiger partial charge in [-0.25, -0.2) is 9.59 Å². The first kappa shape index (κ1) is 25.9. The second-order valence-corrected chi connectivity index (χ2v) is 5.28. The van der Waals surface area contributed by atoms with Crippen LogP contribution in [0.5, 0.6) is 0 Å². The molecule has 1 aromatic carbocycles. The number of amidine groups is 1. The maximum atomic E-state index is 10.6. The summed E-state index contributed by atoms with van der Waals surface area (Å²) in [5, 5.41) is 24.9. The number of halogens is 6. The average Bonchev–Trinajstić information content (AvgIpc) is 2.62. The highest BCUT2D eigenvalue weighted by Gasteiger charge is 2.38. The number of carboxylic acids is 2. The molecule has 6 N–H and O–H groups in total. The predicted octanol–water partition coefficient (Wildman–Crippen LogP) is 2.61. The number of aliphatic carboxylic acids is 2. The molecule has 1 aliphatic rings. The summed E-state index contributed by atoms with van der Waals surface area (Å²) < 4.78 is 63.5. The van der Waals surface area contributed by atoms with Gasteiger partial charge in [0.1, 0.15) is 5.84 Å². The molecule has 0 unspecified atom stereocenters. The molecular formula is C16H17F6N3O4. The number of hydrogen-bond acceptors (Lipinski definition) is 4. The van der Waals surface area contributed by atoms with Gasteiger partial charge in [0.05, 0.1) is 0 Å². The minimum absolute atomic E-state index is 0.131. The summed E-state index contributed by atoms with van der Waals surface area (Å²) in [7, 11) is 0. The lowest BCUT2D eigenvalue weighted by Gasteiger charge is -2.14. The van der Waals surface area contributed by atoms with Gasteiger partial charge in [0.2, 0.25) is 0 Å². The number of alkyl halides is 6. The van der Waals surface area contributed by atoms with E-state index in [1.54, 1.807) is 0 Å². The summed E-state index contributed by atoms with van der Waals surface area (Å²) in [5.41, 5.74) is 8.79. The molecule has 2 rings (SSSR count). The number of nitrogens with two attached hydrogens (primary N) is 1. The number of hydrogen-bond donors (Lipinski definition) is 5. The summed E-state index contributed by atoms with van der Waals surface area (Å²) in [6, 6.07) is 7.88. The number of nitrogen functional groups attached to an aromatic ring is 1. The highest BCUT2D eigenvalue weighted by molar-refractivity contribution is 5.95. The fourth-order valence-electron chi connectivity index (χ4n) is 1.77. The average molecular weight is 429 g/mol. The standard InChI is InChI=1S/C12H15N3.2C2HF3O2/c13-12(14)11-3-1-2-10(8-11)9-4-6-15-7-5-9;2*3-2(4,5)1(6)7/h1-4,8,15H,5-7H2,(H3,13,14);2*(H,6,7). The van der Waals surface area contributed by atoms with Crippen LogP contribution < -0.4 is 11.1 Å². The van der Waals surface area contributed by atoms with E-state index in [1.807, 2.05) is 18.2 Å². The van der Waals surface area contributed by atoms with Crippen LogP contribution in [0.2, 0.25) is 0 Å². The molecule has 29 heavy (non-hydrogen) atoms. The molecular weight excluding hydrogens is 412 g/mol. The Bertz CT molecular complexity index is 736. The van der Waals surface area contributed by atoms with Crippen molar-refractivity contribution in [2.45, 2.75) is 18.8 Å². The second-order valence-electron chi connectivity index (χ2n) is 5.28. The molecule has 0 saturated carbocycles. The smallest absolute Gasteiger partial charge is 0.475 e. The Morgan fingerprint density at radius 2 is 1.52 bits per heavy atom. The van der Waals surface area contributed by atoms with Crippen LogP contribution >= 0.6 is 0 Å². The van der Waals surface area contributed by atoms with E-state index in [0.29, 0.717) is 0 Å². The molecule has 1 heterocycles. The summed E-state index contributed by atoms with van der Waals surface area (Å²) in [4.78, 5) is 17.8. The quantitative estimate of drug-likeness (QED) is 0.279. The molecule has 0 aromatic heterocycles. The Morgan fingerprint density at radius 1 is 1.03 bits per heavy atom. The molecule has 0 amide bonds. The third-order valence-corrected chi connectivity index (χ3v) is 3.09. The fourth-order valence-corrected chi connectivity index (χ4v) is 1.77. The molecule has 0 fully saturated rings. The molecule has 13 heteroatoms. The van der Waals surface area contributed by atoms with Crippen LogP contribution in [0.1, 0.15) is 17.5 Å². The van der Waals surface area contributed by atoms with E-state index in [9.17, 15) is 26.3 Å². The molecule has 1 aliphatic heterocycles. The van der Waals surface area contributed by atoms with E-state index in [4.69, 9.17) is 30.9 Å². The number of nitrogens with one attached hydrogen (secondary N) is 2. The number of rotatable bonds is 2. The van der Waals surface area contributed by atoms with Crippen LogP contribution in [0, 0.1) is 5.41 Å². The zero-order valence-electron chi connectivity index (χ0n) is 14.6. The first-order chi connectivity index (χ1) is 13.2. The van der Waals surface area contributed by atoms with Gasteiger partial charge in [-0.2, -0.15) is 26.3 Å². The van der Waals surface area contributed by atoms with Crippen molar-refractivity contribution in [3.05, 3.63) is 41.5 Å². The van der Waals surface area contributed by atoms with E-state index >= 15 is 0 Å². The maximum Gasteiger partial charge on any atom is 0.490 e. The summed E-state index contributed by atoms with van der Waals surface area (Å²) >= 11 is 0. The minimum Gasteiger partial charge on any atom is -0.475 e. The highest BCUT2D eigenvalue weighted by Crippen LogP contribution is 2.20. The molecule has 0 spiro atoms. The lowest BCUT2D eigenvalue weighted by Crippen LogP contribution is -2.21. The highest BCUT2D eigenvalue weighted by atomic mass is 19.4. The van der Waals surface area contributed by atoms with Crippen LogP contribution in [0.3, 0.4) is 0 Å². The van der Waals surface area contributed by atoms with Crippen molar-refractivity contribution in [3.8, 4) is 0 Å². The Hall–Kier alpha value is -3.09. The zero-order valence-corrected chi connectivity index (χ0v) is 14.6. The molecule has 7 nitrogen and oxygen atoms in total. The van der Waals surface area contributed by atoms with Crippen molar-refractivity contribution in [2.24, 2.45) is 5.73 Å². The minimum atomic E-state index is -5.08. The van der Waals surface area contributed by atoms with Crippen LogP contribution in [-0.4, -0.2) is 53.4 Å². The normalized spacial score (nSPS) is 13.7. The predicted molar refractivity (Wildman–Crippen MR) is 90.3 cm³/mol. The van der Waals surface area contributed by atoms with Gasteiger partial charge in [-0.1, -0.05) is 24.3 Å². The fraction of sp³-hybridized carbons (Fsp3) is 0.312. The van der Waals surface area contributed by atoms with Crippen molar-refractivity contribution in [3.63, 3.8) is 0 Å². The molecule has 0 atom stereocenters. The molecule has 162 valence electrons. The summed E-state index contributed by atoms with van der Waals surface area (Å²) in [6.45, 7) is 1.95. The number of carbonyl (C=O) groups is 2. The Morgan fingerprint density at radius 3 is 1.86 bits per heavy atom. The lowest BCUT2D eigenvalue weighted by molar-refractivity contribution is -0.193. The van der Waals surface area contributed by atoms with E-state index in [2.05, 4.69) is 17.5 Å². The van der Waals surface area contributed by atoms with Crippen LogP contribution in [0.4, 0.5) is 26.3 Å².